The van der Waals surface area contributed by atoms with E-state index < -0.39 is 12.2 Å². The SMILES string of the molecule is Cc1ccc(Cc2ccc(O)c(C3CC(CO)CC(O)C3O)c2)cc1. The Balaban J connectivity index is 1.86. The average molecular weight is 342 g/mol. The number of aryl methyl sites for hydroxylation is 1. The molecule has 0 heterocycles. The van der Waals surface area contributed by atoms with Gasteiger partial charge in [0.05, 0.1) is 12.2 Å². The van der Waals surface area contributed by atoms with Crippen molar-refractivity contribution in [2.75, 3.05) is 6.61 Å². The summed E-state index contributed by atoms with van der Waals surface area (Å²) in [6.07, 6.45) is -0.129. The maximum atomic E-state index is 10.4. The maximum absolute atomic E-state index is 10.4. The number of phenolic OH excluding ortho intramolecular Hbond substituents is 1. The minimum Gasteiger partial charge on any atom is -0.508 e. The quantitative estimate of drug-likeness (QED) is 0.688. The van der Waals surface area contributed by atoms with E-state index >= 15 is 0 Å². The second-order valence-corrected chi connectivity index (χ2v) is 7.24. The Bertz CT molecular complexity index is 710. The van der Waals surface area contributed by atoms with Crippen LogP contribution in [0, 0.1) is 12.8 Å². The van der Waals surface area contributed by atoms with Crippen LogP contribution in [-0.4, -0.2) is 39.2 Å². The van der Waals surface area contributed by atoms with Gasteiger partial charge < -0.3 is 20.4 Å². The van der Waals surface area contributed by atoms with E-state index in [1.54, 1.807) is 6.07 Å². The summed E-state index contributed by atoms with van der Waals surface area (Å²) in [5, 5.41) is 40.2. The van der Waals surface area contributed by atoms with Gasteiger partial charge in [0, 0.05) is 12.5 Å². The van der Waals surface area contributed by atoms with Gasteiger partial charge in [-0.3, -0.25) is 0 Å². The number of hydrogen-bond donors (Lipinski definition) is 4. The summed E-state index contributed by atoms with van der Waals surface area (Å²) in [6, 6.07) is 13.8. The smallest absolute Gasteiger partial charge is 0.119 e. The molecule has 3 rings (SSSR count). The third-order valence-electron chi connectivity index (χ3n) is 5.25. The maximum Gasteiger partial charge on any atom is 0.119 e. The molecule has 1 saturated carbocycles. The lowest BCUT2D eigenvalue weighted by Gasteiger charge is -2.36. The van der Waals surface area contributed by atoms with Gasteiger partial charge in [0.25, 0.3) is 0 Å². The Morgan fingerprint density at radius 1 is 0.960 bits per heavy atom. The predicted molar refractivity (Wildman–Crippen MR) is 96.7 cm³/mol. The summed E-state index contributed by atoms with van der Waals surface area (Å²) in [6.45, 7) is 2.03. The summed E-state index contributed by atoms with van der Waals surface area (Å²) in [7, 11) is 0. The highest BCUT2D eigenvalue weighted by Gasteiger charge is 2.37. The first-order chi connectivity index (χ1) is 12.0. The zero-order valence-electron chi connectivity index (χ0n) is 14.5. The number of aromatic hydroxyl groups is 1. The van der Waals surface area contributed by atoms with Crippen LogP contribution in [0.4, 0.5) is 0 Å². The number of benzene rings is 2. The Hall–Kier alpha value is -1.88. The van der Waals surface area contributed by atoms with Gasteiger partial charge in [-0.25, -0.2) is 0 Å². The van der Waals surface area contributed by atoms with Crippen molar-refractivity contribution in [3.63, 3.8) is 0 Å². The van der Waals surface area contributed by atoms with Crippen LogP contribution in [0.5, 0.6) is 5.75 Å². The van der Waals surface area contributed by atoms with Crippen LogP contribution in [0.25, 0.3) is 0 Å². The molecule has 0 radical (unpaired) electrons. The Kier molecular flexibility index (Phi) is 5.42. The van der Waals surface area contributed by atoms with E-state index in [9.17, 15) is 20.4 Å². The van der Waals surface area contributed by atoms with E-state index in [2.05, 4.69) is 31.2 Å². The molecule has 0 spiro atoms. The Morgan fingerprint density at radius 2 is 1.64 bits per heavy atom. The molecule has 0 amide bonds. The first-order valence-electron chi connectivity index (χ1n) is 8.82. The van der Waals surface area contributed by atoms with Gasteiger partial charge in [0.2, 0.25) is 0 Å². The Labute approximate surface area is 148 Å². The molecule has 1 fully saturated rings. The lowest BCUT2D eigenvalue weighted by Crippen LogP contribution is -2.40. The van der Waals surface area contributed by atoms with Gasteiger partial charge in [-0.2, -0.15) is 0 Å². The molecular formula is C21H26O4. The molecule has 1 aliphatic carbocycles. The largest absolute Gasteiger partial charge is 0.508 e. The van der Waals surface area contributed by atoms with Gasteiger partial charge in [0.15, 0.2) is 0 Å². The van der Waals surface area contributed by atoms with Gasteiger partial charge in [-0.1, -0.05) is 42.0 Å². The molecule has 25 heavy (non-hydrogen) atoms. The summed E-state index contributed by atoms with van der Waals surface area (Å²) in [5.74, 6) is -0.315. The van der Waals surface area contributed by atoms with Crippen LogP contribution >= 0.6 is 0 Å². The predicted octanol–water partition coefficient (Wildman–Crippen LogP) is 2.50. The van der Waals surface area contributed by atoms with Gasteiger partial charge >= 0.3 is 0 Å². The van der Waals surface area contributed by atoms with E-state index in [1.165, 1.54) is 11.1 Å². The standard InChI is InChI=1S/C21H26O4/c1-13-2-4-14(5-3-13)8-15-6-7-19(23)17(9-15)18-10-16(12-22)11-20(24)21(18)25/h2-7,9,16,18,20-25H,8,10-12H2,1H3. The number of phenols is 1. The molecule has 0 aliphatic heterocycles. The highest BCUT2D eigenvalue weighted by molar-refractivity contribution is 5.41. The monoisotopic (exact) mass is 342 g/mol. The van der Waals surface area contributed by atoms with Crippen LogP contribution in [0.1, 0.15) is 41.0 Å². The molecule has 0 aromatic heterocycles. The fraction of sp³-hybridized carbons (Fsp3) is 0.429. The lowest BCUT2D eigenvalue weighted by atomic mass is 9.74. The average Bonchev–Trinajstić information content (AvgIpc) is 2.61. The normalized spacial score (nSPS) is 26.6. The van der Waals surface area contributed by atoms with Crippen molar-refractivity contribution in [3.8, 4) is 5.75 Å². The van der Waals surface area contributed by atoms with Crippen LogP contribution < -0.4 is 0 Å². The fourth-order valence-electron chi connectivity index (χ4n) is 3.76. The van der Waals surface area contributed by atoms with E-state index in [0.717, 1.165) is 12.0 Å². The van der Waals surface area contributed by atoms with Crippen LogP contribution in [0.3, 0.4) is 0 Å². The second kappa shape index (κ2) is 7.56. The third-order valence-corrected chi connectivity index (χ3v) is 5.25. The molecule has 0 bridgehead atoms. The lowest BCUT2D eigenvalue weighted by molar-refractivity contribution is -0.0475. The van der Waals surface area contributed by atoms with Crippen molar-refractivity contribution in [1.29, 1.82) is 0 Å². The van der Waals surface area contributed by atoms with Crippen LogP contribution in [-0.2, 0) is 6.42 Å². The summed E-state index contributed by atoms with van der Waals surface area (Å²) < 4.78 is 0. The molecule has 4 unspecified atom stereocenters. The minimum absolute atomic E-state index is 0.0237. The molecule has 134 valence electrons. The van der Waals surface area contributed by atoms with E-state index in [0.29, 0.717) is 18.4 Å². The number of hydrogen-bond acceptors (Lipinski definition) is 4. The fourth-order valence-corrected chi connectivity index (χ4v) is 3.76. The van der Waals surface area contributed by atoms with Crippen LogP contribution in [0.15, 0.2) is 42.5 Å². The van der Waals surface area contributed by atoms with Gasteiger partial charge in [0.1, 0.15) is 5.75 Å². The van der Waals surface area contributed by atoms with E-state index in [4.69, 9.17) is 0 Å². The molecule has 2 aromatic carbocycles. The Morgan fingerprint density at radius 3 is 2.32 bits per heavy atom. The van der Waals surface area contributed by atoms with Gasteiger partial charge in [-0.15, -0.1) is 0 Å². The van der Waals surface area contributed by atoms with Crippen molar-refractivity contribution in [1.82, 2.24) is 0 Å². The molecule has 4 atom stereocenters. The highest BCUT2D eigenvalue weighted by atomic mass is 16.3. The molecule has 4 N–H and O–H groups in total. The molecule has 0 saturated heterocycles. The van der Waals surface area contributed by atoms with Crippen molar-refractivity contribution in [2.24, 2.45) is 5.92 Å². The van der Waals surface area contributed by atoms with Crippen molar-refractivity contribution in [2.45, 2.75) is 44.3 Å². The zero-order chi connectivity index (χ0) is 18.0. The summed E-state index contributed by atoms with van der Waals surface area (Å²) in [5.41, 5.74) is 4.09. The molecule has 2 aromatic rings. The van der Waals surface area contributed by atoms with Crippen molar-refractivity contribution in [3.05, 3.63) is 64.7 Å². The van der Waals surface area contributed by atoms with Gasteiger partial charge in [-0.05, 0) is 54.9 Å². The third kappa shape index (κ3) is 4.03. The van der Waals surface area contributed by atoms with Crippen LogP contribution in [0.2, 0.25) is 0 Å². The minimum atomic E-state index is -0.927. The zero-order valence-corrected chi connectivity index (χ0v) is 14.5. The van der Waals surface area contributed by atoms with E-state index in [-0.39, 0.29) is 24.2 Å². The number of aliphatic hydroxyl groups is 3. The number of aliphatic hydroxyl groups excluding tert-OH is 3. The van der Waals surface area contributed by atoms with E-state index in [1.807, 2.05) is 12.1 Å². The first-order valence-corrected chi connectivity index (χ1v) is 8.82. The molecular weight excluding hydrogens is 316 g/mol. The molecule has 4 nitrogen and oxygen atoms in total. The topological polar surface area (TPSA) is 80.9 Å². The highest BCUT2D eigenvalue weighted by Crippen LogP contribution is 2.40. The van der Waals surface area contributed by atoms with Crippen molar-refractivity contribution < 1.29 is 20.4 Å². The second-order valence-electron chi connectivity index (χ2n) is 7.24. The van der Waals surface area contributed by atoms with Crippen molar-refractivity contribution >= 4 is 0 Å². The molecule has 1 aliphatic rings. The summed E-state index contributed by atoms with van der Waals surface area (Å²) >= 11 is 0. The summed E-state index contributed by atoms with van der Waals surface area (Å²) in [4.78, 5) is 0. The number of rotatable bonds is 4. The molecule has 4 heteroatoms. The first kappa shape index (κ1) is 17.9.